The van der Waals surface area contributed by atoms with Gasteiger partial charge in [0, 0.05) is 0 Å². The van der Waals surface area contributed by atoms with Gasteiger partial charge in [0.1, 0.15) is 0 Å². The van der Waals surface area contributed by atoms with E-state index in [0.29, 0.717) is 3.17 Å². The largest absolute Gasteiger partial charge is 0.147 e. The number of hydrogen-bond acceptors (Lipinski definition) is 0. The summed E-state index contributed by atoms with van der Waals surface area (Å²) < 4.78 is 0.427. The molecule has 0 N–H and O–H groups in total. The van der Waals surface area contributed by atoms with Crippen molar-refractivity contribution >= 4 is 30.9 Å². The van der Waals surface area contributed by atoms with Crippen LogP contribution in [-0.4, -0.2) is 0 Å². The topological polar surface area (TPSA) is 0 Å². The zero-order chi connectivity index (χ0) is 8.60. The molecule has 0 heterocycles. The predicted octanol–water partition coefficient (Wildman–Crippen LogP) is 3.71. The molecule has 2 rings (SSSR count). The first-order chi connectivity index (χ1) is 5.76. The number of benzene rings is 1. The maximum Gasteiger partial charge on any atom is -0.147 e. The fourth-order valence-corrected chi connectivity index (χ4v) is 2.80. The van der Waals surface area contributed by atoms with Gasteiger partial charge in [-0.15, -0.1) is 24.8 Å². The molecule has 1 aromatic rings. The molecule has 0 aliphatic heterocycles. The van der Waals surface area contributed by atoms with Crippen molar-refractivity contribution in [2.45, 2.75) is 16.5 Å². The first-order valence-electron chi connectivity index (χ1n) is 4.30. The number of halogens is 2. The van der Waals surface area contributed by atoms with Crippen LogP contribution in [0.1, 0.15) is 24.5 Å². The van der Waals surface area contributed by atoms with Gasteiger partial charge in [0.25, 0.3) is 0 Å². The van der Waals surface area contributed by atoms with Crippen molar-refractivity contribution in [3.8, 4) is 0 Å². The predicted molar refractivity (Wildman–Crippen MR) is 61.9 cm³/mol. The fourth-order valence-electron chi connectivity index (χ4n) is 1.68. The maximum absolute atomic E-state index is 2.38. The average Bonchev–Trinajstić information content (AvgIpc) is 2.46. The van der Waals surface area contributed by atoms with E-state index >= 15 is 0 Å². The molecule has 14 heavy (non-hydrogen) atoms. The van der Waals surface area contributed by atoms with E-state index in [4.69, 9.17) is 0 Å². The molecule has 3 heteroatoms. The van der Waals surface area contributed by atoms with Crippen LogP contribution >= 0.6 is 24.8 Å². The SMILES string of the molecule is CC[C]1([Hf])C=Cc2ccccc21.Cl.Cl. The smallest absolute Gasteiger partial charge is 0.147 e. The van der Waals surface area contributed by atoms with Crippen LogP contribution in [0.15, 0.2) is 30.3 Å². The van der Waals surface area contributed by atoms with Crippen LogP contribution in [-0.2, 0) is 27.5 Å². The van der Waals surface area contributed by atoms with Gasteiger partial charge in [-0.1, -0.05) is 0 Å². The van der Waals surface area contributed by atoms with Gasteiger partial charge in [0.2, 0.25) is 0 Å². The third kappa shape index (κ3) is 2.32. The van der Waals surface area contributed by atoms with Gasteiger partial charge in [0.05, 0.1) is 0 Å². The molecule has 0 radical (unpaired) electrons. The van der Waals surface area contributed by atoms with E-state index in [1.807, 2.05) is 0 Å². The molecule has 1 unspecified atom stereocenters. The first kappa shape index (κ1) is 14.4. The van der Waals surface area contributed by atoms with Crippen molar-refractivity contribution in [3.05, 3.63) is 41.5 Å². The van der Waals surface area contributed by atoms with E-state index in [1.54, 1.807) is 5.56 Å². The summed E-state index contributed by atoms with van der Waals surface area (Å²) in [5.41, 5.74) is 2.97. The van der Waals surface area contributed by atoms with E-state index in [1.165, 1.54) is 36.4 Å². The zero-order valence-corrected chi connectivity index (χ0v) is 13.2. The van der Waals surface area contributed by atoms with Crippen LogP contribution in [0, 0.1) is 0 Å². The molecule has 0 bridgehead atoms. The van der Waals surface area contributed by atoms with Crippen LogP contribution in [0.3, 0.4) is 0 Å². The molecule has 0 nitrogen and oxygen atoms in total. The Balaban J connectivity index is 0.000000845. The van der Waals surface area contributed by atoms with Crippen LogP contribution < -0.4 is 0 Å². The Morgan fingerprint density at radius 3 is 2.50 bits per heavy atom. The summed E-state index contributed by atoms with van der Waals surface area (Å²) >= 11 is 1.22. The molecule has 75 valence electrons. The quantitative estimate of drug-likeness (QED) is 0.637. The number of fused-ring (bicyclic) bond motifs is 1. The van der Waals surface area contributed by atoms with Crippen LogP contribution in [0.4, 0.5) is 0 Å². The molecule has 1 aliphatic carbocycles. The Hall–Kier alpha value is 0.410. The Labute approximate surface area is 113 Å². The monoisotopic (exact) mass is 395 g/mol. The molecule has 0 saturated carbocycles. The van der Waals surface area contributed by atoms with Crippen molar-refractivity contribution in [3.63, 3.8) is 0 Å². The van der Waals surface area contributed by atoms with E-state index < -0.39 is 0 Å². The molecule has 0 amide bonds. The van der Waals surface area contributed by atoms with Gasteiger partial charge < -0.3 is 0 Å². The van der Waals surface area contributed by atoms with E-state index in [9.17, 15) is 0 Å². The van der Waals surface area contributed by atoms with Crippen molar-refractivity contribution in [1.82, 2.24) is 0 Å². The molecule has 0 saturated heterocycles. The summed E-state index contributed by atoms with van der Waals surface area (Å²) in [6.45, 7) is 2.28. The molecular formula is C11H13Cl2Hf. The standard InChI is InChI=1S/C11H11.2ClH.Hf/c1-2-9-7-8-10-5-3-4-6-11(9)10;;;/h3-8H,2H2,1H3;2*1H;. The molecule has 1 aromatic carbocycles. The van der Waals surface area contributed by atoms with Crippen molar-refractivity contribution in [2.24, 2.45) is 0 Å². The molecule has 1 atom stereocenters. The molecular weight excluding hydrogens is 382 g/mol. The molecule has 0 aromatic heterocycles. The average molecular weight is 395 g/mol. The second-order valence-corrected chi connectivity index (χ2v) is 6.45. The van der Waals surface area contributed by atoms with Crippen molar-refractivity contribution < 1.29 is 24.4 Å². The van der Waals surface area contributed by atoms with Gasteiger partial charge in [0.15, 0.2) is 0 Å². The summed E-state index contributed by atoms with van der Waals surface area (Å²) in [7, 11) is 0. The Morgan fingerprint density at radius 1 is 1.21 bits per heavy atom. The third-order valence-electron chi connectivity index (χ3n) is 2.55. The Bertz CT molecular complexity index is 336. The van der Waals surface area contributed by atoms with Gasteiger partial charge in [-0.05, 0) is 0 Å². The Morgan fingerprint density at radius 2 is 1.86 bits per heavy atom. The Kier molecular flexibility index (Phi) is 5.64. The summed E-state index contributed by atoms with van der Waals surface area (Å²) in [5, 5.41) is 0. The zero-order valence-electron chi connectivity index (χ0n) is 7.99. The van der Waals surface area contributed by atoms with Gasteiger partial charge in [-0.2, -0.15) is 0 Å². The van der Waals surface area contributed by atoms with Gasteiger partial charge in [-0.25, -0.2) is 0 Å². The van der Waals surface area contributed by atoms with Crippen molar-refractivity contribution in [1.29, 1.82) is 0 Å². The van der Waals surface area contributed by atoms with Gasteiger partial charge in [-0.3, -0.25) is 0 Å². The van der Waals surface area contributed by atoms with Crippen LogP contribution in [0.2, 0.25) is 0 Å². The van der Waals surface area contributed by atoms with Crippen molar-refractivity contribution in [2.75, 3.05) is 0 Å². The summed E-state index contributed by atoms with van der Waals surface area (Å²) in [4.78, 5) is 0. The minimum Gasteiger partial charge on any atom is -0.147 e. The normalized spacial score (nSPS) is 22.0. The molecule has 0 spiro atoms. The number of allylic oxidation sites excluding steroid dienone is 1. The minimum atomic E-state index is 0. The summed E-state index contributed by atoms with van der Waals surface area (Å²) in [6, 6.07) is 8.74. The van der Waals surface area contributed by atoms with E-state index in [-0.39, 0.29) is 24.8 Å². The van der Waals surface area contributed by atoms with Crippen LogP contribution in [0.25, 0.3) is 6.08 Å². The van der Waals surface area contributed by atoms with Gasteiger partial charge >= 0.3 is 88.4 Å². The maximum atomic E-state index is 2.38. The first-order valence-corrected chi connectivity index (χ1v) is 6.10. The number of rotatable bonds is 1. The molecule has 1 aliphatic rings. The molecule has 0 fully saturated rings. The second-order valence-electron chi connectivity index (χ2n) is 3.25. The second kappa shape index (κ2) is 5.48. The summed E-state index contributed by atoms with van der Waals surface area (Å²) in [6.07, 6.45) is 5.89. The minimum absolute atomic E-state index is 0. The van der Waals surface area contributed by atoms with E-state index in [0.717, 1.165) is 0 Å². The number of hydrogen-bond donors (Lipinski definition) is 0. The fraction of sp³-hybridized carbons (Fsp3) is 0.273. The summed E-state index contributed by atoms with van der Waals surface area (Å²) in [5.74, 6) is 0. The third-order valence-corrected chi connectivity index (χ3v) is 5.38. The van der Waals surface area contributed by atoms with E-state index in [2.05, 4.69) is 43.3 Å². The van der Waals surface area contributed by atoms with Crippen LogP contribution in [0.5, 0.6) is 0 Å².